The number of para-hydroxylation sites is 1. The van der Waals surface area contributed by atoms with E-state index in [-0.39, 0.29) is 15.5 Å². The number of nitrogens with zero attached hydrogens (tertiary/aromatic N) is 2. The minimum Gasteiger partial charge on any atom is -0.493 e. The van der Waals surface area contributed by atoms with E-state index in [0.29, 0.717) is 30.2 Å². The monoisotopic (exact) mass is 587 g/mol. The third-order valence-corrected chi connectivity index (χ3v) is 10.3. The van der Waals surface area contributed by atoms with Gasteiger partial charge in [0.1, 0.15) is 6.54 Å². The van der Waals surface area contributed by atoms with E-state index in [1.54, 1.807) is 30.3 Å². The second-order valence-corrected chi connectivity index (χ2v) is 13.1. The predicted octanol–water partition coefficient (Wildman–Crippen LogP) is 4.10. The van der Waals surface area contributed by atoms with Gasteiger partial charge in [0.15, 0.2) is 11.5 Å². The molecule has 12 heteroatoms. The number of carbonyl (C=O) groups excluding carboxylic acids is 1. The van der Waals surface area contributed by atoms with Crippen molar-refractivity contribution in [2.75, 3.05) is 43.5 Å². The molecule has 1 saturated heterocycles. The highest BCUT2D eigenvalue weighted by Crippen LogP contribution is 2.32. The molecule has 1 N–H and O–H groups in total. The number of nitrogens with one attached hydrogen (secondary N) is 1. The molecule has 40 heavy (non-hydrogen) atoms. The molecule has 0 saturated carbocycles. The maximum Gasteiger partial charge on any atom is 0.264 e. The Hall–Kier alpha value is -3.61. The molecular weight excluding hydrogens is 554 g/mol. The molecule has 0 unspecified atom stereocenters. The molecule has 0 aromatic heterocycles. The molecule has 1 amide bonds. The first kappa shape index (κ1) is 29.4. The van der Waals surface area contributed by atoms with Gasteiger partial charge in [-0.15, -0.1) is 0 Å². The lowest BCUT2D eigenvalue weighted by atomic mass is 10.2. The normalized spacial score (nSPS) is 14.7. The van der Waals surface area contributed by atoms with Gasteiger partial charge in [0.25, 0.3) is 10.0 Å². The van der Waals surface area contributed by atoms with E-state index >= 15 is 0 Å². The zero-order valence-corrected chi connectivity index (χ0v) is 24.1. The fourth-order valence-electron chi connectivity index (χ4n) is 4.49. The van der Waals surface area contributed by atoms with Gasteiger partial charge in [-0.25, -0.2) is 16.8 Å². The summed E-state index contributed by atoms with van der Waals surface area (Å²) in [5.74, 6) is -0.000885. The highest BCUT2D eigenvalue weighted by Gasteiger charge is 2.29. The Kier molecular flexibility index (Phi) is 9.33. The number of ether oxygens (including phenoxy) is 2. The molecule has 4 rings (SSSR count). The summed E-state index contributed by atoms with van der Waals surface area (Å²) in [6, 6.07) is 18.4. The molecule has 0 atom stereocenters. The van der Waals surface area contributed by atoms with E-state index < -0.39 is 32.5 Å². The van der Waals surface area contributed by atoms with E-state index in [9.17, 15) is 21.6 Å². The van der Waals surface area contributed by atoms with Gasteiger partial charge in [-0.05, 0) is 61.4 Å². The molecule has 0 spiro atoms. The second-order valence-electron chi connectivity index (χ2n) is 9.25. The molecule has 1 fully saturated rings. The van der Waals surface area contributed by atoms with Crippen molar-refractivity contribution in [3.63, 3.8) is 0 Å². The highest BCUT2D eigenvalue weighted by atomic mass is 32.2. The number of anilines is 2. The van der Waals surface area contributed by atoms with Gasteiger partial charge in [0.05, 0.1) is 29.7 Å². The topological polar surface area (TPSA) is 122 Å². The van der Waals surface area contributed by atoms with E-state index in [4.69, 9.17) is 9.47 Å². The van der Waals surface area contributed by atoms with E-state index in [1.807, 2.05) is 0 Å². The average Bonchev–Trinajstić information content (AvgIpc) is 3.27. The Morgan fingerprint density at radius 1 is 0.800 bits per heavy atom. The second kappa shape index (κ2) is 12.7. The van der Waals surface area contributed by atoms with Gasteiger partial charge in [-0.3, -0.25) is 9.10 Å². The number of benzene rings is 3. The van der Waals surface area contributed by atoms with Crippen LogP contribution in [-0.2, 0) is 24.8 Å². The molecule has 0 aliphatic carbocycles. The number of methoxy groups -OCH3 is 2. The molecule has 3 aromatic carbocycles. The minimum atomic E-state index is -4.19. The number of sulfonamides is 2. The fourth-order valence-corrected chi connectivity index (χ4v) is 7.44. The minimum absolute atomic E-state index is 0.0788. The SMILES string of the molecule is COc1ccc(S(=O)(=O)N(CC(=O)Nc2ccc(S(=O)(=O)N3CCCCCC3)cc2)c2ccccc2)cc1OC. The van der Waals surface area contributed by atoms with Crippen molar-refractivity contribution in [1.29, 1.82) is 0 Å². The predicted molar refractivity (Wildman–Crippen MR) is 153 cm³/mol. The zero-order valence-electron chi connectivity index (χ0n) is 22.4. The molecule has 0 radical (unpaired) electrons. The van der Waals surface area contributed by atoms with Crippen LogP contribution in [-0.4, -0.2) is 60.9 Å². The summed E-state index contributed by atoms with van der Waals surface area (Å²) < 4.78 is 66.5. The summed E-state index contributed by atoms with van der Waals surface area (Å²) in [6.07, 6.45) is 3.69. The molecular formula is C28H33N3O7S2. The third kappa shape index (κ3) is 6.57. The third-order valence-electron chi connectivity index (χ3n) is 6.62. The Morgan fingerprint density at radius 2 is 1.40 bits per heavy atom. The van der Waals surface area contributed by atoms with Crippen LogP contribution in [0.3, 0.4) is 0 Å². The lowest BCUT2D eigenvalue weighted by Crippen LogP contribution is -2.38. The van der Waals surface area contributed by atoms with Crippen LogP contribution in [0.5, 0.6) is 11.5 Å². The van der Waals surface area contributed by atoms with Crippen molar-refractivity contribution in [2.24, 2.45) is 0 Å². The Balaban J connectivity index is 1.54. The van der Waals surface area contributed by atoms with Crippen molar-refractivity contribution >= 4 is 37.3 Å². The molecule has 1 heterocycles. The van der Waals surface area contributed by atoms with Crippen LogP contribution in [0.2, 0.25) is 0 Å². The largest absolute Gasteiger partial charge is 0.493 e. The summed E-state index contributed by atoms with van der Waals surface area (Å²) >= 11 is 0. The lowest BCUT2D eigenvalue weighted by Gasteiger charge is -2.24. The van der Waals surface area contributed by atoms with Crippen molar-refractivity contribution in [1.82, 2.24) is 4.31 Å². The first-order valence-electron chi connectivity index (χ1n) is 12.9. The van der Waals surface area contributed by atoms with Crippen LogP contribution in [0.25, 0.3) is 0 Å². The maximum atomic E-state index is 13.7. The number of rotatable bonds is 10. The number of amides is 1. The van der Waals surface area contributed by atoms with Crippen molar-refractivity contribution in [3.05, 3.63) is 72.8 Å². The Bertz CT molecular complexity index is 1520. The molecule has 1 aliphatic rings. The van der Waals surface area contributed by atoms with Crippen molar-refractivity contribution in [3.8, 4) is 11.5 Å². The molecule has 0 bridgehead atoms. The molecule has 3 aromatic rings. The fraction of sp³-hybridized carbons (Fsp3) is 0.321. The smallest absolute Gasteiger partial charge is 0.264 e. The quantitative estimate of drug-likeness (QED) is 0.379. The summed E-state index contributed by atoms with van der Waals surface area (Å²) in [5.41, 5.74) is 0.641. The van der Waals surface area contributed by atoms with Gasteiger partial charge >= 0.3 is 0 Å². The van der Waals surface area contributed by atoms with E-state index in [2.05, 4.69) is 5.32 Å². The summed E-state index contributed by atoms with van der Waals surface area (Å²) in [4.78, 5) is 13.1. The highest BCUT2D eigenvalue weighted by molar-refractivity contribution is 7.92. The standard InChI is InChI=1S/C28H33N3O7S2/c1-37-26-17-16-25(20-27(26)38-2)40(35,36)31(23-10-6-5-7-11-23)21-28(32)29-22-12-14-24(15-13-22)39(33,34)30-18-8-3-4-9-19-30/h5-7,10-17,20H,3-4,8-9,18-19,21H2,1-2H3,(H,29,32). The van der Waals surface area contributed by atoms with Crippen LogP contribution in [0, 0.1) is 0 Å². The maximum absolute atomic E-state index is 13.7. The van der Waals surface area contributed by atoms with Crippen LogP contribution in [0.4, 0.5) is 11.4 Å². The van der Waals surface area contributed by atoms with Gasteiger partial charge in [0, 0.05) is 24.8 Å². The zero-order chi connectivity index (χ0) is 28.8. The van der Waals surface area contributed by atoms with E-state index in [0.717, 1.165) is 30.0 Å². The van der Waals surface area contributed by atoms with Gasteiger partial charge < -0.3 is 14.8 Å². The van der Waals surface area contributed by atoms with Crippen molar-refractivity contribution in [2.45, 2.75) is 35.5 Å². The van der Waals surface area contributed by atoms with Gasteiger partial charge in [0.2, 0.25) is 15.9 Å². The number of hydrogen-bond donors (Lipinski definition) is 1. The molecule has 1 aliphatic heterocycles. The molecule has 214 valence electrons. The number of carbonyl (C=O) groups is 1. The first-order chi connectivity index (χ1) is 19.2. The first-order valence-corrected chi connectivity index (χ1v) is 15.7. The van der Waals surface area contributed by atoms with Gasteiger partial charge in [-0.1, -0.05) is 31.0 Å². The van der Waals surface area contributed by atoms with Crippen LogP contribution >= 0.6 is 0 Å². The Labute approximate surface area is 235 Å². The number of hydrogen-bond acceptors (Lipinski definition) is 7. The summed E-state index contributed by atoms with van der Waals surface area (Å²) in [6.45, 7) is 0.462. The Morgan fingerprint density at radius 3 is 2.00 bits per heavy atom. The van der Waals surface area contributed by atoms with Crippen LogP contribution in [0.1, 0.15) is 25.7 Å². The lowest BCUT2D eigenvalue weighted by molar-refractivity contribution is -0.114. The van der Waals surface area contributed by atoms with Gasteiger partial charge in [-0.2, -0.15) is 4.31 Å². The average molecular weight is 588 g/mol. The van der Waals surface area contributed by atoms with Crippen LogP contribution in [0.15, 0.2) is 82.6 Å². The molecule has 10 nitrogen and oxygen atoms in total. The summed E-state index contributed by atoms with van der Waals surface area (Å²) in [7, 11) is -4.97. The van der Waals surface area contributed by atoms with E-state index in [1.165, 1.54) is 61.0 Å². The summed E-state index contributed by atoms with van der Waals surface area (Å²) in [5, 5.41) is 2.68. The van der Waals surface area contributed by atoms with Crippen molar-refractivity contribution < 1.29 is 31.1 Å². The van der Waals surface area contributed by atoms with Crippen LogP contribution < -0.4 is 19.1 Å².